The van der Waals surface area contributed by atoms with E-state index < -0.39 is 12.0 Å². The highest BCUT2D eigenvalue weighted by Crippen LogP contribution is 2.28. The van der Waals surface area contributed by atoms with Crippen LogP contribution in [0.25, 0.3) is 22.6 Å². The molecule has 0 saturated carbocycles. The summed E-state index contributed by atoms with van der Waals surface area (Å²) in [7, 11) is 0. The summed E-state index contributed by atoms with van der Waals surface area (Å²) in [5.74, 6) is -0.370. The van der Waals surface area contributed by atoms with Crippen LogP contribution in [0.3, 0.4) is 0 Å². The van der Waals surface area contributed by atoms with Crippen LogP contribution < -0.4 is 0 Å². The molecule has 21 heavy (non-hydrogen) atoms. The quantitative estimate of drug-likeness (QED) is 0.805. The van der Waals surface area contributed by atoms with Crippen molar-refractivity contribution in [3.05, 3.63) is 47.6 Å². The van der Waals surface area contributed by atoms with Gasteiger partial charge in [0.1, 0.15) is 17.4 Å². The standard InChI is InChI=1S/C15H12ClN3O2/c1-9(15(20)21)19-13(10-4-6-11(16)7-5-10)18-12-3-2-8-17-14(12)19/h2-9H,1H3,(H,20,21)/t9-/m1/s1. The van der Waals surface area contributed by atoms with Gasteiger partial charge in [0.15, 0.2) is 5.65 Å². The maximum absolute atomic E-state index is 11.4. The first-order chi connectivity index (χ1) is 10.1. The maximum Gasteiger partial charge on any atom is 0.326 e. The van der Waals surface area contributed by atoms with Crippen LogP contribution in [0.5, 0.6) is 0 Å². The molecule has 3 aromatic rings. The van der Waals surface area contributed by atoms with Gasteiger partial charge >= 0.3 is 5.97 Å². The number of halogens is 1. The van der Waals surface area contributed by atoms with Gasteiger partial charge in [-0.05, 0) is 43.3 Å². The molecule has 2 aromatic heterocycles. The minimum absolute atomic E-state index is 0.553. The zero-order valence-corrected chi connectivity index (χ0v) is 11.9. The van der Waals surface area contributed by atoms with Crippen molar-refractivity contribution in [2.75, 3.05) is 0 Å². The number of hydrogen-bond acceptors (Lipinski definition) is 3. The number of benzene rings is 1. The summed E-state index contributed by atoms with van der Waals surface area (Å²) < 4.78 is 1.63. The molecule has 1 N–H and O–H groups in total. The second-order valence-electron chi connectivity index (χ2n) is 4.67. The predicted molar refractivity (Wildman–Crippen MR) is 80.3 cm³/mol. The van der Waals surface area contributed by atoms with Gasteiger partial charge in [0, 0.05) is 16.8 Å². The molecule has 1 atom stereocenters. The van der Waals surface area contributed by atoms with Gasteiger partial charge in [0.2, 0.25) is 0 Å². The lowest BCUT2D eigenvalue weighted by Crippen LogP contribution is -2.17. The van der Waals surface area contributed by atoms with E-state index in [9.17, 15) is 9.90 Å². The summed E-state index contributed by atoms with van der Waals surface area (Å²) in [6, 6.07) is 9.95. The molecule has 1 aromatic carbocycles. The monoisotopic (exact) mass is 301 g/mol. The summed E-state index contributed by atoms with van der Waals surface area (Å²) in [6.45, 7) is 1.61. The van der Waals surface area contributed by atoms with Gasteiger partial charge in [-0.3, -0.25) is 4.57 Å². The molecule has 0 amide bonds. The van der Waals surface area contributed by atoms with Crippen LogP contribution in [0.1, 0.15) is 13.0 Å². The second-order valence-corrected chi connectivity index (χ2v) is 5.11. The highest BCUT2D eigenvalue weighted by Gasteiger charge is 2.22. The molecule has 0 bridgehead atoms. The van der Waals surface area contributed by atoms with Crippen LogP contribution in [0, 0.1) is 0 Å². The van der Waals surface area contributed by atoms with Crippen molar-refractivity contribution in [2.24, 2.45) is 0 Å². The van der Waals surface area contributed by atoms with Crippen LogP contribution in [0.4, 0.5) is 0 Å². The zero-order chi connectivity index (χ0) is 15.0. The van der Waals surface area contributed by atoms with Crippen LogP contribution in [-0.4, -0.2) is 25.6 Å². The normalized spacial score (nSPS) is 12.5. The summed E-state index contributed by atoms with van der Waals surface area (Å²) in [4.78, 5) is 20.2. The molecule has 0 unspecified atom stereocenters. The highest BCUT2D eigenvalue weighted by molar-refractivity contribution is 6.30. The number of carboxylic acids is 1. The van der Waals surface area contributed by atoms with Crippen molar-refractivity contribution < 1.29 is 9.90 Å². The Balaban J connectivity index is 2.28. The minimum atomic E-state index is -0.935. The Bertz CT molecular complexity index is 811. The zero-order valence-electron chi connectivity index (χ0n) is 11.2. The fourth-order valence-corrected chi connectivity index (χ4v) is 2.34. The summed E-state index contributed by atoms with van der Waals surface area (Å²) >= 11 is 5.90. The third-order valence-corrected chi connectivity index (χ3v) is 3.55. The van der Waals surface area contributed by atoms with E-state index in [2.05, 4.69) is 9.97 Å². The Morgan fingerprint density at radius 2 is 2.00 bits per heavy atom. The fourth-order valence-electron chi connectivity index (χ4n) is 2.21. The SMILES string of the molecule is C[C@H](C(=O)O)n1c(-c2ccc(Cl)cc2)nc2cccnc21. The van der Waals surface area contributed by atoms with Crippen LogP contribution in [0.2, 0.25) is 5.02 Å². The van der Waals surface area contributed by atoms with E-state index in [0.29, 0.717) is 22.0 Å². The number of hydrogen-bond donors (Lipinski definition) is 1. The van der Waals surface area contributed by atoms with E-state index in [0.717, 1.165) is 5.56 Å². The van der Waals surface area contributed by atoms with Gasteiger partial charge in [-0.2, -0.15) is 0 Å². The lowest BCUT2D eigenvalue weighted by atomic mass is 10.2. The minimum Gasteiger partial charge on any atom is -0.480 e. The van der Waals surface area contributed by atoms with Gasteiger partial charge in [0.05, 0.1) is 0 Å². The predicted octanol–water partition coefficient (Wildman–Crippen LogP) is 3.40. The Morgan fingerprint density at radius 1 is 1.29 bits per heavy atom. The van der Waals surface area contributed by atoms with Gasteiger partial charge in [-0.1, -0.05) is 11.6 Å². The largest absolute Gasteiger partial charge is 0.480 e. The topological polar surface area (TPSA) is 68.0 Å². The molecule has 0 aliphatic rings. The molecule has 106 valence electrons. The number of rotatable bonds is 3. The fraction of sp³-hybridized carbons (Fsp3) is 0.133. The van der Waals surface area contributed by atoms with Crippen LogP contribution in [0.15, 0.2) is 42.6 Å². The van der Waals surface area contributed by atoms with E-state index in [1.807, 2.05) is 18.2 Å². The number of carbonyl (C=O) groups is 1. The van der Waals surface area contributed by atoms with Crippen molar-refractivity contribution in [2.45, 2.75) is 13.0 Å². The van der Waals surface area contributed by atoms with Gasteiger partial charge in [0.25, 0.3) is 0 Å². The molecule has 0 aliphatic carbocycles. The average molecular weight is 302 g/mol. The van der Waals surface area contributed by atoms with Gasteiger partial charge < -0.3 is 5.11 Å². The van der Waals surface area contributed by atoms with Crippen molar-refractivity contribution in [1.82, 2.24) is 14.5 Å². The van der Waals surface area contributed by atoms with E-state index in [4.69, 9.17) is 11.6 Å². The number of fused-ring (bicyclic) bond motifs is 1. The summed E-state index contributed by atoms with van der Waals surface area (Å²) in [6.07, 6.45) is 1.63. The number of imidazole rings is 1. The van der Waals surface area contributed by atoms with Crippen molar-refractivity contribution in [3.8, 4) is 11.4 Å². The molecule has 0 saturated heterocycles. The van der Waals surface area contributed by atoms with Crippen LogP contribution >= 0.6 is 11.6 Å². The maximum atomic E-state index is 11.4. The number of nitrogens with zero attached hydrogens (tertiary/aromatic N) is 3. The summed E-state index contributed by atoms with van der Waals surface area (Å²) in [5, 5.41) is 9.95. The molecule has 0 spiro atoms. The van der Waals surface area contributed by atoms with E-state index in [1.165, 1.54) is 0 Å². The molecule has 2 heterocycles. The lowest BCUT2D eigenvalue weighted by Gasteiger charge is -2.13. The van der Waals surface area contributed by atoms with Crippen molar-refractivity contribution >= 4 is 28.7 Å². The molecular formula is C15H12ClN3O2. The van der Waals surface area contributed by atoms with E-state index in [-0.39, 0.29) is 0 Å². The Hall–Kier alpha value is -2.40. The first kappa shape index (κ1) is 13.6. The number of aromatic nitrogens is 3. The Labute approximate surface area is 125 Å². The number of aliphatic carboxylic acids is 1. The molecule has 0 aliphatic heterocycles. The lowest BCUT2D eigenvalue weighted by molar-refractivity contribution is -0.140. The first-order valence-corrected chi connectivity index (χ1v) is 6.77. The molecule has 3 rings (SSSR count). The average Bonchev–Trinajstić information content (AvgIpc) is 2.86. The molecule has 0 radical (unpaired) electrons. The molecular weight excluding hydrogens is 290 g/mol. The Kier molecular flexibility index (Phi) is 3.35. The molecule has 0 fully saturated rings. The van der Waals surface area contributed by atoms with Crippen molar-refractivity contribution in [3.63, 3.8) is 0 Å². The molecule has 5 nitrogen and oxygen atoms in total. The first-order valence-electron chi connectivity index (χ1n) is 6.39. The third-order valence-electron chi connectivity index (χ3n) is 3.30. The smallest absolute Gasteiger partial charge is 0.326 e. The second kappa shape index (κ2) is 5.18. The van der Waals surface area contributed by atoms with Crippen molar-refractivity contribution in [1.29, 1.82) is 0 Å². The number of carboxylic acid groups (broad SMARTS) is 1. The van der Waals surface area contributed by atoms with Gasteiger partial charge in [-0.15, -0.1) is 0 Å². The summed E-state index contributed by atoms with van der Waals surface area (Å²) in [5.41, 5.74) is 2.01. The highest BCUT2D eigenvalue weighted by atomic mass is 35.5. The Morgan fingerprint density at radius 3 is 2.67 bits per heavy atom. The van der Waals surface area contributed by atoms with E-state index in [1.54, 1.807) is 35.9 Å². The van der Waals surface area contributed by atoms with Gasteiger partial charge in [-0.25, -0.2) is 14.8 Å². The molecule has 6 heteroatoms. The third kappa shape index (κ3) is 2.36. The van der Waals surface area contributed by atoms with Crippen LogP contribution in [-0.2, 0) is 4.79 Å². The van der Waals surface area contributed by atoms with E-state index >= 15 is 0 Å². The number of pyridine rings is 1.